The van der Waals surface area contributed by atoms with Crippen LogP contribution in [0.4, 0.5) is 0 Å². The van der Waals surface area contributed by atoms with Crippen molar-refractivity contribution in [3.05, 3.63) is 55.4 Å². The molecule has 8 nitrogen and oxygen atoms in total. The first-order valence-electron chi connectivity index (χ1n) is 8.54. The first-order valence-corrected chi connectivity index (χ1v) is 9.36. The van der Waals surface area contributed by atoms with Gasteiger partial charge in [-0.3, -0.25) is 28.3 Å². The summed E-state index contributed by atoms with van der Waals surface area (Å²) in [6, 6.07) is 6.81. The Morgan fingerprint density at radius 3 is 1.67 bits per heavy atom. The smallest absolute Gasteiger partial charge is 0.196 e. The van der Waals surface area contributed by atoms with E-state index in [-0.39, 0.29) is 21.6 Å². The lowest BCUT2D eigenvalue weighted by atomic mass is 10.00. The van der Waals surface area contributed by atoms with Gasteiger partial charge in [0.15, 0.2) is 10.9 Å². The molecule has 138 valence electrons. The van der Waals surface area contributed by atoms with Gasteiger partial charge in [0, 0.05) is 35.6 Å². The Hall–Kier alpha value is -2.88. The van der Waals surface area contributed by atoms with E-state index < -0.39 is 0 Å². The third-order valence-electron chi connectivity index (χ3n) is 4.42. The number of nitrogens with two attached hydrogens (primary N) is 2. The summed E-state index contributed by atoms with van der Waals surface area (Å²) in [5.41, 5.74) is 12.0. The summed E-state index contributed by atoms with van der Waals surface area (Å²) in [5, 5.41) is 2.20. The fraction of sp³-hybridized carbons (Fsp3) is 0.222. The zero-order chi connectivity index (χ0) is 19.0. The second kappa shape index (κ2) is 7.03. The molecule has 0 fully saturated rings. The number of aromatic nitrogens is 2. The minimum absolute atomic E-state index is 0.235. The number of benzene rings is 3. The van der Waals surface area contributed by atoms with E-state index in [1.54, 1.807) is 24.3 Å². The van der Waals surface area contributed by atoms with Crippen molar-refractivity contribution in [1.29, 1.82) is 0 Å². The van der Waals surface area contributed by atoms with Crippen molar-refractivity contribution in [3.8, 4) is 0 Å². The molecule has 4 aromatic rings. The highest BCUT2D eigenvalue weighted by atomic mass is 32.1. The van der Waals surface area contributed by atoms with Crippen LogP contribution in [0.1, 0.15) is 0 Å². The molecular formula is C18H18N6O2S. The lowest BCUT2D eigenvalue weighted by Gasteiger charge is -2.04. The summed E-state index contributed by atoms with van der Waals surface area (Å²) >= 11 is 1.24. The molecule has 0 spiro atoms. The van der Waals surface area contributed by atoms with E-state index in [2.05, 4.69) is 18.7 Å². The number of fused-ring (bicyclic) bond motifs is 3. The molecule has 0 amide bonds. The van der Waals surface area contributed by atoms with Gasteiger partial charge in [0.2, 0.25) is 0 Å². The largest absolute Gasteiger partial charge is 0.329 e. The van der Waals surface area contributed by atoms with E-state index >= 15 is 0 Å². The first kappa shape index (κ1) is 17.5. The van der Waals surface area contributed by atoms with Gasteiger partial charge in [-0.25, -0.2) is 0 Å². The van der Waals surface area contributed by atoms with Crippen LogP contribution in [0.15, 0.2) is 43.8 Å². The minimum Gasteiger partial charge on any atom is -0.329 e. The SMILES string of the molecule is NCCN=c1c2[nH]s[nH]c2c(=NCCN)c2c(=O)c3ccccc3c(=O)c12. The number of hydrogen-bond donors (Lipinski definition) is 4. The van der Waals surface area contributed by atoms with Crippen LogP contribution >= 0.6 is 11.7 Å². The van der Waals surface area contributed by atoms with Gasteiger partial charge >= 0.3 is 0 Å². The van der Waals surface area contributed by atoms with Crippen molar-refractivity contribution < 1.29 is 0 Å². The number of hydrogen-bond acceptors (Lipinski definition) is 7. The molecule has 4 rings (SSSR count). The quantitative estimate of drug-likeness (QED) is 0.361. The van der Waals surface area contributed by atoms with Crippen molar-refractivity contribution in [3.63, 3.8) is 0 Å². The Labute approximate surface area is 156 Å². The van der Waals surface area contributed by atoms with Gasteiger partial charge in [-0.15, -0.1) is 0 Å². The first-order chi connectivity index (χ1) is 13.2. The summed E-state index contributed by atoms with van der Waals surface area (Å²) < 4.78 is 6.24. The maximum atomic E-state index is 13.3. The summed E-state index contributed by atoms with van der Waals surface area (Å²) in [7, 11) is 0. The predicted molar refractivity (Wildman–Crippen MR) is 108 cm³/mol. The molecule has 0 radical (unpaired) electrons. The number of nitrogens with one attached hydrogen (secondary N) is 2. The van der Waals surface area contributed by atoms with Crippen LogP contribution in [0.5, 0.6) is 0 Å². The molecule has 1 aromatic heterocycles. The summed E-state index contributed by atoms with van der Waals surface area (Å²) in [5.74, 6) is 0. The van der Waals surface area contributed by atoms with E-state index in [1.807, 2.05) is 0 Å². The highest BCUT2D eigenvalue weighted by molar-refractivity contribution is 7.00. The third-order valence-corrected chi connectivity index (χ3v) is 5.03. The van der Waals surface area contributed by atoms with Crippen molar-refractivity contribution >= 4 is 44.3 Å². The highest BCUT2D eigenvalue weighted by Crippen LogP contribution is 2.12. The fourth-order valence-corrected chi connectivity index (χ4v) is 3.96. The number of H-pyrrole nitrogens is 2. The average Bonchev–Trinajstić information content (AvgIpc) is 3.18. The molecule has 0 saturated heterocycles. The van der Waals surface area contributed by atoms with Crippen molar-refractivity contribution in [1.82, 2.24) is 8.75 Å². The number of rotatable bonds is 4. The van der Waals surface area contributed by atoms with Crippen LogP contribution in [0.3, 0.4) is 0 Å². The monoisotopic (exact) mass is 382 g/mol. The Morgan fingerprint density at radius 2 is 1.26 bits per heavy atom. The van der Waals surface area contributed by atoms with E-state index in [0.29, 0.717) is 58.7 Å². The van der Waals surface area contributed by atoms with Gasteiger partial charge in [-0.05, 0) is 0 Å². The molecule has 0 aliphatic carbocycles. The van der Waals surface area contributed by atoms with Gasteiger partial charge in [0.1, 0.15) is 11.0 Å². The topological polar surface area (TPSA) is 142 Å². The minimum atomic E-state index is -0.235. The lowest BCUT2D eigenvalue weighted by Crippen LogP contribution is -2.29. The molecule has 3 aromatic carbocycles. The fourth-order valence-electron chi connectivity index (χ4n) is 3.31. The van der Waals surface area contributed by atoms with Crippen LogP contribution in [0.2, 0.25) is 0 Å². The number of aromatic amines is 2. The van der Waals surface area contributed by atoms with Crippen molar-refractivity contribution in [2.45, 2.75) is 0 Å². The van der Waals surface area contributed by atoms with Crippen LogP contribution in [0, 0.1) is 0 Å². The van der Waals surface area contributed by atoms with Crippen LogP contribution in [-0.4, -0.2) is 34.9 Å². The highest BCUT2D eigenvalue weighted by Gasteiger charge is 2.18. The van der Waals surface area contributed by atoms with Gasteiger partial charge in [0.25, 0.3) is 0 Å². The van der Waals surface area contributed by atoms with E-state index in [1.165, 1.54) is 11.7 Å². The zero-order valence-corrected chi connectivity index (χ0v) is 15.2. The van der Waals surface area contributed by atoms with Gasteiger partial charge in [-0.1, -0.05) is 24.3 Å². The van der Waals surface area contributed by atoms with Gasteiger partial charge < -0.3 is 11.5 Å². The van der Waals surface area contributed by atoms with Crippen molar-refractivity contribution in [2.75, 3.05) is 26.2 Å². The van der Waals surface area contributed by atoms with Gasteiger partial charge in [0.05, 0.1) is 34.6 Å². The van der Waals surface area contributed by atoms with Crippen LogP contribution < -0.4 is 33.0 Å². The van der Waals surface area contributed by atoms with Crippen molar-refractivity contribution in [2.24, 2.45) is 21.5 Å². The molecule has 0 aliphatic rings. The molecular weight excluding hydrogens is 364 g/mol. The van der Waals surface area contributed by atoms with Crippen LogP contribution in [-0.2, 0) is 0 Å². The van der Waals surface area contributed by atoms with E-state index in [0.717, 1.165) is 0 Å². The van der Waals surface area contributed by atoms with E-state index in [4.69, 9.17) is 11.5 Å². The Bertz CT molecular complexity index is 1290. The summed E-state index contributed by atoms with van der Waals surface area (Å²) in [4.78, 5) is 35.6. The molecule has 6 N–H and O–H groups in total. The second-order valence-corrected chi connectivity index (χ2v) is 6.66. The molecule has 1 heterocycles. The summed E-state index contributed by atoms with van der Waals surface area (Å²) in [6.07, 6.45) is 0. The van der Waals surface area contributed by atoms with Gasteiger partial charge in [-0.2, -0.15) is 0 Å². The second-order valence-electron chi connectivity index (χ2n) is 6.05. The molecule has 0 unspecified atom stereocenters. The van der Waals surface area contributed by atoms with Crippen LogP contribution in [0.25, 0.3) is 32.6 Å². The molecule has 0 atom stereocenters. The molecule has 9 heteroatoms. The Kier molecular flexibility index (Phi) is 4.56. The lowest BCUT2D eigenvalue weighted by molar-refractivity contribution is 0.944. The Morgan fingerprint density at radius 1 is 0.815 bits per heavy atom. The standard InChI is InChI=1S/C18H18N6O2S/c19-5-7-21-13-11-12(14(22-8-6-20)16-15(13)23-27-24-16)18(26)10-4-2-1-3-9(10)17(11)25/h1-4,23-24H,5-8,19-20H2. The predicted octanol–water partition coefficient (Wildman–Crippen LogP) is -0.259. The zero-order valence-electron chi connectivity index (χ0n) is 14.4. The third kappa shape index (κ3) is 2.67. The average molecular weight is 382 g/mol. The molecule has 0 aliphatic heterocycles. The summed E-state index contributed by atoms with van der Waals surface area (Å²) in [6.45, 7) is 1.35. The number of nitrogens with zero attached hydrogens (tertiary/aromatic N) is 2. The normalized spacial score (nSPS) is 13.4. The molecule has 0 saturated carbocycles. The molecule has 0 bridgehead atoms. The Balaban J connectivity index is 2.43. The molecule has 27 heavy (non-hydrogen) atoms. The maximum Gasteiger partial charge on any atom is 0.196 e. The van der Waals surface area contributed by atoms with E-state index in [9.17, 15) is 9.59 Å². The maximum absolute atomic E-state index is 13.3.